The highest BCUT2D eigenvalue weighted by Crippen LogP contribution is 2.31. The minimum atomic E-state index is -1.50. The lowest BCUT2D eigenvalue weighted by Crippen LogP contribution is -2.22. The Morgan fingerprint density at radius 1 is 1.33 bits per heavy atom. The van der Waals surface area contributed by atoms with Crippen LogP contribution in [-0.2, 0) is 9.59 Å². The standard InChI is InChI=1S/C13H17NO4/c1-7(2)9-6-10(14-12(15)13(16)17)8(3)5-11(9)18-4/h5-7H,1-4H3,(H,14,15)(H,16,17). The third-order valence-electron chi connectivity index (χ3n) is 2.64. The maximum absolute atomic E-state index is 11.2. The molecule has 1 aromatic carbocycles. The molecular formula is C13H17NO4. The number of carboxylic acid groups (broad SMARTS) is 1. The first-order valence-corrected chi connectivity index (χ1v) is 5.59. The maximum atomic E-state index is 11.2. The van der Waals surface area contributed by atoms with Crippen LogP contribution in [0.5, 0.6) is 5.75 Å². The number of hydrogen-bond donors (Lipinski definition) is 2. The number of hydrogen-bond acceptors (Lipinski definition) is 3. The monoisotopic (exact) mass is 251 g/mol. The van der Waals surface area contributed by atoms with Crippen molar-refractivity contribution in [2.24, 2.45) is 0 Å². The average molecular weight is 251 g/mol. The number of carbonyl (C=O) groups excluding carboxylic acids is 1. The fraction of sp³-hybridized carbons (Fsp3) is 0.385. The molecular weight excluding hydrogens is 234 g/mol. The summed E-state index contributed by atoms with van der Waals surface area (Å²) in [4.78, 5) is 21.7. The molecule has 0 aliphatic rings. The van der Waals surface area contributed by atoms with Gasteiger partial charge in [-0.25, -0.2) is 4.79 Å². The number of anilines is 1. The van der Waals surface area contributed by atoms with Crippen LogP contribution in [0.15, 0.2) is 12.1 Å². The number of nitrogens with one attached hydrogen (secondary N) is 1. The van der Waals surface area contributed by atoms with Gasteiger partial charge in [-0.05, 0) is 36.1 Å². The second-order valence-electron chi connectivity index (χ2n) is 4.32. The molecule has 0 saturated carbocycles. The number of aliphatic carboxylic acids is 1. The molecule has 0 spiro atoms. The Morgan fingerprint density at radius 2 is 1.94 bits per heavy atom. The molecule has 98 valence electrons. The second kappa shape index (κ2) is 5.53. The van der Waals surface area contributed by atoms with Gasteiger partial charge in [0.25, 0.3) is 0 Å². The lowest BCUT2D eigenvalue weighted by molar-refractivity contribution is -0.147. The summed E-state index contributed by atoms with van der Waals surface area (Å²) in [5.41, 5.74) is 2.17. The van der Waals surface area contributed by atoms with Crippen molar-refractivity contribution < 1.29 is 19.4 Å². The molecule has 0 saturated heterocycles. The average Bonchev–Trinajstić information content (AvgIpc) is 2.30. The van der Waals surface area contributed by atoms with Crippen LogP contribution >= 0.6 is 0 Å². The van der Waals surface area contributed by atoms with E-state index in [2.05, 4.69) is 5.32 Å². The van der Waals surface area contributed by atoms with E-state index < -0.39 is 11.9 Å². The van der Waals surface area contributed by atoms with Crippen molar-refractivity contribution >= 4 is 17.6 Å². The maximum Gasteiger partial charge on any atom is 0.394 e. The fourth-order valence-electron chi connectivity index (χ4n) is 1.64. The van der Waals surface area contributed by atoms with Crippen molar-refractivity contribution in [3.63, 3.8) is 0 Å². The molecule has 0 fully saturated rings. The number of carbonyl (C=O) groups is 2. The van der Waals surface area contributed by atoms with Crippen molar-refractivity contribution in [2.45, 2.75) is 26.7 Å². The predicted molar refractivity (Wildman–Crippen MR) is 68.1 cm³/mol. The van der Waals surface area contributed by atoms with E-state index >= 15 is 0 Å². The molecule has 2 N–H and O–H groups in total. The van der Waals surface area contributed by atoms with Gasteiger partial charge in [0.1, 0.15) is 5.75 Å². The molecule has 0 radical (unpaired) electrons. The number of aryl methyl sites for hydroxylation is 1. The third kappa shape index (κ3) is 3.00. The van der Waals surface area contributed by atoms with Gasteiger partial charge < -0.3 is 15.2 Å². The summed E-state index contributed by atoms with van der Waals surface area (Å²) in [6.07, 6.45) is 0. The number of ether oxygens (including phenoxy) is 1. The quantitative estimate of drug-likeness (QED) is 0.807. The van der Waals surface area contributed by atoms with Crippen molar-refractivity contribution in [1.29, 1.82) is 0 Å². The van der Waals surface area contributed by atoms with Gasteiger partial charge in [0.15, 0.2) is 0 Å². The first-order valence-electron chi connectivity index (χ1n) is 5.59. The highest BCUT2D eigenvalue weighted by Gasteiger charge is 2.16. The smallest absolute Gasteiger partial charge is 0.394 e. The van der Waals surface area contributed by atoms with Crippen LogP contribution in [0.4, 0.5) is 5.69 Å². The number of methoxy groups -OCH3 is 1. The predicted octanol–water partition coefficient (Wildman–Crippen LogP) is 2.15. The molecule has 1 aromatic rings. The van der Waals surface area contributed by atoms with Crippen LogP contribution < -0.4 is 10.1 Å². The molecule has 18 heavy (non-hydrogen) atoms. The van der Waals surface area contributed by atoms with E-state index in [0.29, 0.717) is 5.69 Å². The van der Waals surface area contributed by atoms with E-state index in [1.807, 2.05) is 13.8 Å². The summed E-state index contributed by atoms with van der Waals surface area (Å²) in [6, 6.07) is 3.53. The summed E-state index contributed by atoms with van der Waals surface area (Å²) in [6.45, 7) is 5.77. The Hall–Kier alpha value is -2.04. The minimum Gasteiger partial charge on any atom is -0.496 e. The van der Waals surface area contributed by atoms with Crippen LogP contribution in [0, 0.1) is 6.92 Å². The van der Waals surface area contributed by atoms with Gasteiger partial charge in [0.2, 0.25) is 0 Å². The summed E-state index contributed by atoms with van der Waals surface area (Å²) < 4.78 is 5.27. The van der Waals surface area contributed by atoms with Crippen molar-refractivity contribution in [2.75, 3.05) is 12.4 Å². The van der Waals surface area contributed by atoms with E-state index in [1.165, 1.54) is 0 Å². The number of carboxylic acids is 1. The molecule has 0 aliphatic carbocycles. The highest BCUT2D eigenvalue weighted by atomic mass is 16.5. The van der Waals surface area contributed by atoms with Gasteiger partial charge in [-0.2, -0.15) is 0 Å². The molecule has 0 unspecified atom stereocenters. The Balaban J connectivity index is 3.17. The van der Waals surface area contributed by atoms with Crippen LogP contribution in [-0.4, -0.2) is 24.1 Å². The largest absolute Gasteiger partial charge is 0.496 e. The lowest BCUT2D eigenvalue weighted by Gasteiger charge is -2.16. The number of rotatable bonds is 3. The molecule has 0 heterocycles. The van der Waals surface area contributed by atoms with Gasteiger partial charge in [-0.1, -0.05) is 13.8 Å². The van der Waals surface area contributed by atoms with E-state index in [0.717, 1.165) is 16.9 Å². The van der Waals surface area contributed by atoms with Crippen molar-refractivity contribution in [3.8, 4) is 5.75 Å². The molecule has 0 atom stereocenters. The first-order chi connectivity index (χ1) is 8.36. The van der Waals surface area contributed by atoms with Gasteiger partial charge in [0.05, 0.1) is 7.11 Å². The number of amides is 1. The molecule has 1 rings (SSSR count). The minimum absolute atomic E-state index is 0.209. The lowest BCUT2D eigenvalue weighted by atomic mass is 9.99. The number of benzene rings is 1. The van der Waals surface area contributed by atoms with E-state index in [4.69, 9.17) is 9.84 Å². The molecule has 0 aliphatic heterocycles. The van der Waals surface area contributed by atoms with Crippen LogP contribution in [0.25, 0.3) is 0 Å². The van der Waals surface area contributed by atoms with Crippen LogP contribution in [0.1, 0.15) is 30.9 Å². The molecule has 5 nitrogen and oxygen atoms in total. The Kier molecular flexibility index (Phi) is 4.31. The molecule has 5 heteroatoms. The van der Waals surface area contributed by atoms with Gasteiger partial charge in [0, 0.05) is 5.69 Å². The van der Waals surface area contributed by atoms with Gasteiger partial charge in [-0.15, -0.1) is 0 Å². The molecule has 0 aromatic heterocycles. The van der Waals surface area contributed by atoms with E-state index in [1.54, 1.807) is 26.2 Å². The van der Waals surface area contributed by atoms with Gasteiger partial charge >= 0.3 is 11.9 Å². The zero-order valence-electron chi connectivity index (χ0n) is 10.9. The Bertz CT molecular complexity index is 480. The normalized spacial score (nSPS) is 10.3. The Labute approximate surface area is 106 Å². The third-order valence-corrected chi connectivity index (χ3v) is 2.64. The van der Waals surface area contributed by atoms with E-state index in [9.17, 15) is 9.59 Å². The van der Waals surface area contributed by atoms with Gasteiger partial charge in [-0.3, -0.25) is 4.79 Å². The summed E-state index contributed by atoms with van der Waals surface area (Å²) in [5.74, 6) is -1.61. The van der Waals surface area contributed by atoms with E-state index in [-0.39, 0.29) is 5.92 Å². The topological polar surface area (TPSA) is 75.6 Å². The second-order valence-corrected chi connectivity index (χ2v) is 4.32. The summed E-state index contributed by atoms with van der Waals surface area (Å²) in [5, 5.41) is 10.9. The Morgan fingerprint density at radius 3 is 2.39 bits per heavy atom. The highest BCUT2D eigenvalue weighted by molar-refractivity contribution is 6.36. The fourth-order valence-corrected chi connectivity index (χ4v) is 1.64. The summed E-state index contributed by atoms with van der Waals surface area (Å²) >= 11 is 0. The zero-order valence-corrected chi connectivity index (χ0v) is 10.9. The van der Waals surface area contributed by atoms with Crippen molar-refractivity contribution in [1.82, 2.24) is 0 Å². The first kappa shape index (κ1) is 14.0. The SMILES string of the molecule is COc1cc(C)c(NC(=O)C(=O)O)cc1C(C)C. The van der Waals surface area contributed by atoms with Crippen molar-refractivity contribution in [3.05, 3.63) is 23.3 Å². The van der Waals surface area contributed by atoms with Crippen LogP contribution in [0.2, 0.25) is 0 Å². The summed E-state index contributed by atoms with van der Waals surface area (Å²) in [7, 11) is 1.58. The molecule has 1 amide bonds. The zero-order chi connectivity index (χ0) is 13.9. The molecule has 0 bridgehead atoms. The van der Waals surface area contributed by atoms with Crippen LogP contribution in [0.3, 0.4) is 0 Å².